The first-order valence-electron chi connectivity index (χ1n) is 7.30. The number of ether oxygens (including phenoxy) is 1. The molecule has 0 unspecified atom stereocenters. The Labute approximate surface area is 125 Å². The summed E-state index contributed by atoms with van der Waals surface area (Å²) in [4.78, 5) is 18.5. The van der Waals surface area contributed by atoms with Crippen molar-refractivity contribution in [3.63, 3.8) is 0 Å². The van der Waals surface area contributed by atoms with E-state index in [1.54, 1.807) is 18.5 Å². The molecule has 1 saturated heterocycles. The number of amides is 1. The van der Waals surface area contributed by atoms with Gasteiger partial charge >= 0.3 is 0 Å². The summed E-state index contributed by atoms with van der Waals surface area (Å²) in [5.41, 5.74) is 6.62. The summed E-state index contributed by atoms with van der Waals surface area (Å²) in [6, 6.07) is 1.72. The van der Waals surface area contributed by atoms with Crippen molar-refractivity contribution < 1.29 is 9.53 Å². The van der Waals surface area contributed by atoms with Crippen molar-refractivity contribution in [3.05, 3.63) is 29.6 Å². The van der Waals surface area contributed by atoms with E-state index in [-0.39, 0.29) is 18.6 Å². The van der Waals surface area contributed by atoms with Crippen LogP contribution in [0.15, 0.2) is 18.5 Å². The molecule has 0 radical (unpaired) electrons. The number of carbonyl (C=O) groups excluding carboxylic acids is 1. The molecule has 112 valence electrons. The van der Waals surface area contributed by atoms with Crippen LogP contribution in [0.4, 0.5) is 0 Å². The largest absolute Gasteiger partial charge is 0.378 e. The van der Waals surface area contributed by atoms with Gasteiger partial charge in [0.1, 0.15) is 0 Å². The monoisotopic (exact) mass is 287 g/mol. The fourth-order valence-electron chi connectivity index (χ4n) is 2.46. The second-order valence-electron chi connectivity index (χ2n) is 4.87. The zero-order valence-electron chi connectivity index (χ0n) is 12.3. The Hall–Kier alpha value is -1.90. The van der Waals surface area contributed by atoms with E-state index in [1.165, 1.54) is 0 Å². The number of likely N-dealkylation sites (tertiary alicyclic amines) is 1. The van der Waals surface area contributed by atoms with Crippen molar-refractivity contribution in [1.82, 2.24) is 9.88 Å². The van der Waals surface area contributed by atoms with Crippen LogP contribution in [0.25, 0.3) is 0 Å². The van der Waals surface area contributed by atoms with E-state index in [0.717, 1.165) is 32.5 Å². The third kappa shape index (κ3) is 4.03. The van der Waals surface area contributed by atoms with Gasteiger partial charge in [0.25, 0.3) is 5.91 Å². The van der Waals surface area contributed by atoms with E-state index in [4.69, 9.17) is 10.5 Å². The highest BCUT2D eigenvalue weighted by molar-refractivity contribution is 5.96. The average Bonchev–Trinajstić information content (AvgIpc) is 2.53. The molecule has 21 heavy (non-hydrogen) atoms. The Morgan fingerprint density at radius 3 is 2.95 bits per heavy atom. The molecule has 2 heterocycles. The summed E-state index contributed by atoms with van der Waals surface area (Å²) in [6.45, 7) is 4.42. The SMILES string of the molecule is CCOC1CCN(C(=O)c2ccncc2C#CCN)CC1. The molecule has 1 aromatic rings. The molecule has 5 heteroatoms. The second kappa shape index (κ2) is 7.77. The minimum absolute atomic E-state index is 0.00803. The molecule has 1 amide bonds. The van der Waals surface area contributed by atoms with Crippen LogP contribution in [0.5, 0.6) is 0 Å². The summed E-state index contributed by atoms with van der Waals surface area (Å²) in [5, 5.41) is 0. The number of piperidine rings is 1. The smallest absolute Gasteiger partial charge is 0.255 e. The Morgan fingerprint density at radius 1 is 1.52 bits per heavy atom. The van der Waals surface area contributed by atoms with Crippen LogP contribution in [-0.4, -0.2) is 48.1 Å². The molecule has 0 bridgehead atoms. The predicted octanol–water partition coefficient (Wildman–Crippen LogP) is 1.03. The predicted molar refractivity (Wildman–Crippen MR) is 80.7 cm³/mol. The maximum absolute atomic E-state index is 12.6. The molecule has 1 fully saturated rings. The molecule has 0 aliphatic carbocycles. The van der Waals surface area contributed by atoms with E-state index in [1.807, 2.05) is 11.8 Å². The fraction of sp³-hybridized carbons (Fsp3) is 0.500. The second-order valence-corrected chi connectivity index (χ2v) is 4.87. The molecule has 2 N–H and O–H groups in total. The van der Waals surface area contributed by atoms with E-state index < -0.39 is 0 Å². The number of carbonyl (C=O) groups is 1. The Bertz CT molecular complexity index is 540. The van der Waals surface area contributed by atoms with Crippen molar-refractivity contribution in [1.29, 1.82) is 0 Å². The van der Waals surface area contributed by atoms with Gasteiger partial charge in [-0.3, -0.25) is 9.78 Å². The zero-order valence-corrected chi connectivity index (χ0v) is 12.3. The van der Waals surface area contributed by atoms with Gasteiger partial charge in [-0.2, -0.15) is 0 Å². The van der Waals surface area contributed by atoms with Gasteiger partial charge in [-0.15, -0.1) is 0 Å². The average molecular weight is 287 g/mol. The third-order valence-corrected chi connectivity index (χ3v) is 3.51. The van der Waals surface area contributed by atoms with E-state index in [9.17, 15) is 4.79 Å². The first kappa shape index (κ1) is 15.5. The summed E-state index contributed by atoms with van der Waals surface area (Å²) in [6.07, 6.45) is 5.27. The summed E-state index contributed by atoms with van der Waals surface area (Å²) >= 11 is 0. The molecule has 0 spiro atoms. The minimum Gasteiger partial charge on any atom is -0.378 e. The molecule has 0 saturated carbocycles. The topological polar surface area (TPSA) is 68.5 Å². The van der Waals surface area contributed by atoms with Crippen LogP contribution >= 0.6 is 0 Å². The van der Waals surface area contributed by atoms with Crippen LogP contribution in [0.3, 0.4) is 0 Å². The highest BCUT2D eigenvalue weighted by Crippen LogP contribution is 2.17. The minimum atomic E-state index is 0.00803. The molecule has 0 aromatic carbocycles. The van der Waals surface area contributed by atoms with E-state index in [2.05, 4.69) is 16.8 Å². The Kier molecular flexibility index (Phi) is 5.73. The number of nitrogens with two attached hydrogens (primary N) is 1. The molecule has 1 aliphatic heterocycles. The van der Waals surface area contributed by atoms with Crippen molar-refractivity contribution in [2.24, 2.45) is 5.73 Å². The number of nitrogens with zero attached hydrogens (tertiary/aromatic N) is 2. The van der Waals surface area contributed by atoms with Crippen molar-refractivity contribution >= 4 is 5.91 Å². The van der Waals surface area contributed by atoms with Gasteiger partial charge in [0, 0.05) is 32.1 Å². The molecule has 1 aromatic heterocycles. The van der Waals surface area contributed by atoms with Crippen LogP contribution in [0.2, 0.25) is 0 Å². The molecule has 2 rings (SSSR count). The maximum Gasteiger partial charge on any atom is 0.255 e. The van der Waals surface area contributed by atoms with Gasteiger partial charge in [0.15, 0.2) is 0 Å². The third-order valence-electron chi connectivity index (χ3n) is 3.51. The van der Waals surface area contributed by atoms with Crippen molar-refractivity contribution in [2.45, 2.75) is 25.9 Å². The number of aromatic nitrogens is 1. The lowest BCUT2D eigenvalue weighted by molar-refractivity contribution is 0.0146. The first-order valence-corrected chi connectivity index (χ1v) is 7.30. The summed E-state index contributed by atoms with van der Waals surface area (Å²) in [5.74, 6) is 5.69. The van der Waals surface area contributed by atoms with Gasteiger partial charge in [0.05, 0.1) is 23.8 Å². The summed E-state index contributed by atoms with van der Waals surface area (Å²) < 4.78 is 5.61. The number of pyridine rings is 1. The number of hydrogen-bond donors (Lipinski definition) is 1. The molecule has 0 atom stereocenters. The maximum atomic E-state index is 12.6. The van der Waals surface area contributed by atoms with E-state index in [0.29, 0.717) is 11.1 Å². The van der Waals surface area contributed by atoms with Crippen LogP contribution < -0.4 is 5.73 Å². The quantitative estimate of drug-likeness (QED) is 0.843. The number of hydrogen-bond acceptors (Lipinski definition) is 4. The van der Waals surface area contributed by atoms with Crippen molar-refractivity contribution in [2.75, 3.05) is 26.2 Å². The fourth-order valence-corrected chi connectivity index (χ4v) is 2.46. The zero-order chi connectivity index (χ0) is 15.1. The van der Waals surface area contributed by atoms with Gasteiger partial charge in [-0.1, -0.05) is 11.8 Å². The molecule has 5 nitrogen and oxygen atoms in total. The standard InChI is InChI=1S/C16H21N3O2/c1-2-21-14-6-10-19(11-7-14)16(20)15-5-9-18-12-13(15)4-3-8-17/h5,9,12,14H,2,6-8,10-11,17H2,1H3. The Morgan fingerprint density at radius 2 is 2.29 bits per heavy atom. The lowest BCUT2D eigenvalue weighted by Crippen LogP contribution is -2.41. The van der Waals surface area contributed by atoms with Gasteiger partial charge in [-0.25, -0.2) is 0 Å². The lowest BCUT2D eigenvalue weighted by atomic mass is 10.0. The van der Waals surface area contributed by atoms with E-state index >= 15 is 0 Å². The van der Waals surface area contributed by atoms with Gasteiger partial charge in [0.2, 0.25) is 0 Å². The van der Waals surface area contributed by atoms with Crippen LogP contribution in [0, 0.1) is 11.8 Å². The van der Waals surface area contributed by atoms with Gasteiger partial charge < -0.3 is 15.4 Å². The van der Waals surface area contributed by atoms with Crippen molar-refractivity contribution in [3.8, 4) is 11.8 Å². The first-order chi connectivity index (χ1) is 10.3. The highest BCUT2D eigenvalue weighted by atomic mass is 16.5. The molecular formula is C16H21N3O2. The highest BCUT2D eigenvalue weighted by Gasteiger charge is 2.24. The number of rotatable bonds is 3. The normalized spacial score (nSPS) is 15.4. The summed E-state index contributed by atoms with van der Waals surface area (Å²) in [7, 11) is 0. The van der Waals surface area contributed by atoms with Crippen LogP contribution in [0.1, 0.15) is 35.7 Å². The van der Waals surface area contributed by atoms with Crippen LogP contribution in [-0.2, 0) is 4.74 Å². The molecule has 1 aliphatic rings. The van der Waals surface area contributed by atoms with Gasteiger partial charge in [-0.05, 0) is 25.8 Å². The molecular weight excluding hydrogens is 266 g/mol. The lowest BCUT2D eigenvalue weighted by Gasteiger charge is -2.32. The Balaban J connectivity index is 2.07.